The standard InChI is InChI=1S/C18H20N2O7S2/c21-16(2-1-3-17(22)23)19-18-20(12-9-29(24,25)10-15(12)28-18)11-4-5-13-14(8-11)27-7-6-26-13/h4-5,8,12,15H,1-3,6-7,9-10H2,(H,22,23)/t12-,15-/m1/s1. The summed E-state index contributed by atoms with van der Waals surface area (Å²) < 4.78 is 35.4. The molecular formula is C18H20N2O7S2. The Balaban J connectivity index is 1.62. The fourth-order valence-corrected chi connectivity index (χ4v) is 7.53. The maximum absolute atomic E-state index is 12.3. The highest BCUT2D eigenvalue weighted by molar-refractivity contribution is 8.16. The van der Waals surface area contributed by atoms with Crippen molar-refractivity contribution >= 4 is 44.3 Å². The van der Waals surface area contributed by atoms with E-state index in [0.29, 0.717) is 35.6 Å². The molecule has 2 atom stereocenters. The number of thioether (sulfide) groups is 1. The number of amides is 1. The number of fused-ring (bicyclic) bond motifs is 2. The van der Waals surface area contributed by atoms with E-state index in [9.17, 15) is 18.0 Å². The van der Waals surface area contributed by atoms with E-state index in [4.69, 9.17) is 14.6 Å². The minimum absolute atomic E-state index is 0.00860. The van der Waals surface area contributed by atoms with E-state index in [0.717, 1.165) is 0 Å². The maximum Gasteiger partial charge on any atom is 0.303 e. The smallest absolute Gasteiger partial charge is 0.303 e. The second-order valence-corrected chi connectivity index (χ2v) is 10.4. The third-order valence-corrected chi connectivity index (χ3v) is 8.08. The number of nitrogens with zero attached hydrogens (tertiary/aromatic N) is 2. The molecule has 2 fully saturated rings. The summed E-state index contributed by atoms with van der Waals surface area (Å²) in [4.78, 5) is 28.9. The lowest BCUT2D eigenvalue weighted by Crippen LogP contribution is -2.37. The lowest BCUT2D eigenvalue weighted by Gasteiger charge is -2.26. The van der Waals surface area contributed by atoms with Gasteiger partial charge in [-0.1, -0.05) is 11.8 Å². The van der Waals surface area contributed by atoms with Crippen molar-refractivity contribution in [2.75, 3.05) is 29.6 Å². The Morgan fingerprint density at radius 3 is 2.69 bits per heavy atom. The Labute approximate surface area is 172 Å². The summed E-state index contributed by atoms with van der Waals surface area (Å²) in [5.41, 5.74) is 0.684. The Morgan fingerprint density at radius 1 is 1.17 bits per heavy atom. The third kappa shape index (κ3) is 4.35. The minimum atomic E-state index is -3.16. The monoisotopic (exact) mass is 440 g/mol. The highest BCUT2D eigenvalue weighted by Gasteiger charge is 2.49. The second-order valence-electron chi connectivity index (χ2n) is 7.03. The number of amidine groups is 1. The van der Waals surface area contributed by atoms with E-state index >= 15 is 0 Å². The summed E-state index contributed by atoms with van der Waals surface area (Å²) in [5.74, 6) is -0.167. The van der Waals surface area contributed by atoms with Crippen LogP contribution in [0.2, 0.25) is 0 Å². The number of carbonyl (C=O) groups is 2. The molecule has 0 bridgehead atoms. The minimum Gasteiger partial charge on any atom is -0.486 e. The predicted octanol–water partition coefficient (Wildman–Crippen LogP) is 1.31. The molecule has 1 N–H and O–H groups in total. The number of hydrogen-bond donors (Lipinski definition) is 1. The highest BCUT2D eigenvalue weighted by atomic mass is 32.2. The zero-order valence-corrected chi connectivity index (χ0v) is 17.1. The molecule has 1 aromatic rings. The van der Waals surface area contributed by atoms with Crippen LogP contribution in [0.1, 0.15) is 19.3 Å². The van der Waals surface area contributed by atoms with Crippen LogP contribution in [0.3, 0.4) is 0 Å². The van der Waals surface area contributed by atoms with Crippen molar-refractivity contribution in [2.45, 2.75) is 30.6 Å². The van der Waals surface area contributed by atoms with Crippen LogP contribution in [0.15, 0.2) is 23.2 Å². The fraction of sp³-hybridized carbons (Fsp3) is 0.500. The number of sulfone groups is 1. The molecule has 0 aliphatic carbocycles. The predicted molar refractivity (Wildman–Crippen MR) is 108 cm³/mol. The molecule has 0 aromatic heterocycles. The molecular weight excluding hydrogens is 420 g/mol. The van der Waals surface area contributed by atoms with Gasteiger partial charge in [-0.25, -0.2) is 8.42 Å². The van der Waals surface area contributed by atoms with E-state index in [1.165, 1.54) is 11.8 Å². The Morgan fingerprint density at radius 2 is 1.93 bits per heavy atom. The van der Waals surface area contributed by atoms with Crippen molar-refractivity contribution in [2.24, 2.45) is 4.99 Å². The number of carboxylic acid groups (broad SMARTS) is 1. The van der Waals surface area contributed by atoms with Crippen molar-refractivity contribution < 1.29 is 32.6 Å². The van der Waals surface area contributed by atoms with Gasteiger partial charge in [0.2, 0.25) is 5.91 Å². The highest BCUT2D eigenvalue weighted by Crippen LogP contribution is 2.43. The molecule has 29 heavy (non-hydrogen) atoms. The summed E-state index contributed by atoms with van der Waals surface area (Å²) in [5, 5.41) is 8.95. The Bertz CT molecular complexity index is 976. The molecule has 9 nitrogen and oxygen atoms in total. The van der Waals surface area contributed by atoms with Gasteiger partial charge in [0.1, 0.15) is 13.2 Å². The van der Waals surface area contributed by atoms with Crippen molar-refractivity contribution in [3.05, 3.63) is 18.2 Å². The van der Waals surface area contributed by atoms with Gasteiger partial charge in [0.15, 0.2) is 26.5 Å². The average Bonchev–Trinajstić information content (AvgIpc) is 3.11. The number of anilines is 1. The molecule has 3 aliphatic heterocycles. The van der Waals surface area contributed by atoms with Crippen LogP contribution in [0.5, 0.6) is 11.5 Å². The largest absolute Gasteiger partial charge is 0.486 e. The van der Waals surface area contributed by atoms with Gasteiger partial charge in [-0.2, -0.15) is 4.99 Å². The lowest BCUT2D eigenvalue weighted by atomic mass is 10.2. The molecule has 11 heteroatoms. The summed E-state index contributed by atoms with van der Waals surface area (Å²) >= 11 is 1.28. The van der Waals surface area contributed by atoms with E-state index in [2.05, 4.69) is 4.99 Å². The van der Waals surface area contributed by atoms with Crippen LogP contribution < -0.4 is 14.4 Å². The van der Waals surface area contributed by atoms with Crippen LogP contribution >= 0.6 is 11.8 Å². The Kier molecular flexibility index (Phi) is 5.43. The molecule has 1 aromatic carbocycles. The molecule has 2 saturated heterocycles. The van der Waals surface area contributed by atoms with Crippen LogP contribution in [0.4, 0.5) is 5.69 Å². The van der Waals surface area contributed by atoms with Crippen molar-refractivity contribution in [3.8, 4) is 11.5 Å². The number of carbonyl (C=O) groups excluding carboxylic acids is 1. The van der Waals surface area contributed by atoms with E-state index in [-0.39, 0.29) is 42.1 Å². The molecule has 1 amide bonds. The van der Waals surface area contributed by atoms with Gasteiger partial charge in [-0.05, 0) is 18.6 Å². The summed E-state index contributed by atoms with van der Waals surface area (Å²) in [6.07, 6.45) is 0.138. The molecule has 0 radical (unpaired) electrons. The van der Waals surface area contributed by atoms with Gasteiger partial charge in [-0.3, -0.25) is 9.59 Å². The molecule has 3 aliphatic rings. The maximum atomic E-state index is 12.3. The van der Waals surface area contributed by atoms with Crippen LogP contribution in [0, 0.1) is 0 Å². The summed E-state index contributed by atoms with van der Waals surface area (Å²) in [6.45, 7) is 0.890. The lowest BCUT2D eigenvalue weighted by molar-refractivity contribution is -0.137. The van der Waals surface area contributed by atoms with E-state index in [1.54, 1.807) is 23.1 Å². The van der Waals surface area contributed by atoms with Crippen LogP contribution in [-0.2, 0) is 19.4 Å². The van der Waals surface area contributed by atoms with Gasteiger partial charge >= 0.3 is 5.97 Å². The zero-order valence-electron chi connectivity index (χ0n) is 15.4. The number of aliphatic carboxylic acids is 1. The first-order chi connectivity index (χ1) is 13.8. The summed E-state index contributed by atoms with van der Waals surface area (Å²) in [7, 11) is -3.16. The molecule has 0 saturated carbocycles. The topological polar surface area (TPSA) is 123 Å². The number of benzene rings is 1. The number of hydrogen-bond acceptors (Lipinski definition) is 7. The van der Waals surface area contributed by atoms with Crippen molar-refractivity contribution in [1.82, 2.24) is 0 Å². The van der Waals surface area contributed by atoms with Crippen LogP contribution in [0.25, 0.3) is 0 Å². The zero-order chi connectivity index (χ0) is 20.6. The van der Waals surface area contributed by atoms with Crippen LogP contribution in [-0.4, -0.2) is 66.6 Å². The third-order valence-electron chi connectivity index (χ3n) is 4.87. The molecule has 4 rings (SSSR count). The Hall–Kier alpha value is -2.27. The van der Waals surface area contributed by atoms with Gasteiger partial charge in [0, 0.05) is 29.8 Å². The number of aliphatic imine (C=N–C) groups is 1. The normalized spacial score (nSPS) is 25.8. The van der Waals surface area contributed by atoms with Gasteiger partial charge < -0.3 is 19.5 Å². The van der Waals surface area contributed by atoms with Gasteiger partial charge in [0.25, 0.3) is 0 Å². The molecule has 3 heterocycles. The van der Waals surface area contributed by atoms with E-state index < -0.39 is 21.7 Å². The number of rotatable bonds is 5. The SMILES string of the molecule is O=C(O)CCCC(=O)N=C1S[C@@H]2CS(=O)(=O)C[C@H]2N1c1ccc2c(c1)OCCO2. The fourth-order valence-electron chi connectivity index (χ4n) is 3.60. The summed E-state index contributed by atoms with van der Waals surface area (Å²) in [6, 6.07) is 5.01. The number of ether oxygens (including phenoxy) is 2. The first-order valence-corrected chi connectivity index (χ1v) is 11.9. The van der Waals surface area contributed by atoms with Gasteiger partial charge in [0.05, 0.1) is 17.5 Å². The first kappa shape index (κ1) is 20.0. The quantitative estimate of drug-likeness (QED) is 0.722. The van der Waals surface area contributed by atoms with E-state index in [1.807, 2.05) is 0 Å². The average molecular weight is 440 g/mol. The second kappa shape index (κ2) is 7.86. The van der Waals surface area contributed by atoms with Crippen molar-refractivity contribution in [1.29, 1.82) is 0 Å². The first-order valence-electron chi connectivity index (χ1n) is 9.22. The molecule has 0 unspecified atom stereocenters. The van der Waals surface area contributed by atoms with Gasteiger partial charge in [-0.15, -0.1) is 0 Å². The number of carboxylic acids is 1. The molecule has 0 spiro atoms. The molecule has 156 valence electrons. The van der Waals surface area contributed by atoms with Crippen molar-refractivity contribution in [3.63, 3.8) is 0 Å².